The molecule has 1 heterocycles. The molecule has 4 N–H and O–H groups in total. The van der Waals surface area contributed by atoms with Crippen molar-refractivity contribution in [3.63, 3.8) is 0 Å². The van der Waals surface area contributed by atoms with Gasteiger partial charge in [0.25, 0.3) is 5.56 Å². The number of hydrogen-bond acceptors (Lipinski definition) is 4. The van der Waals surface area contributed by atoms with Gasteiger partial charge in [-0.05, 0) is 12.1 Å². The minimum atomic E-state index is -0.558. The molecule has 0 saturated carbocycles. The van der Waals surface area contributed by atoms with E-state index in [2.05, 4.69) is 9.97 Å². The van der Waals surface area contributed by atoms with Crippen LogP contribution in [0.1, 0.15) is 0 Å². The van der Waals surface area contributed by atoms with E-state index in [1.807, 2.05) is 0 Å². The summed E-state index contributed by atoms with van der Waals surface area (Å²) in [5.74, 6) is 0.403. The van der Waals surface area contributed by atoms with E-state index in [1.54, 1.807) is 0 Å². The van der Waals surface area contributed by atoms with Gasteiger partial charge in [-0.15, -0.1) is 0 Å². The van der Waals surface area contributed by atoms with Crippen molar-refractivity contribution in [3.05, 3.63) is 33.0 Å². The van der Waals surface area contributed by atoms with E-state index < -0.39 is 11.2 Å². The fourth-order valence-electron chi connectivity index (χ4n) is 1.39. The van der Waals surface area contributed by atoms with Crippen LogP contribution in [0.3, 0.4) is 0 Å². The summed E-state index contributed by atoms with van der Waals surface area (Å²) >= 11 is 0. The molecule has 78 valence electrons. The van der Waals surface area contributed by atoms with Crippen molar-refractivity contribution in [2.24, 2.45) is 0 Å². The van der Waals surface area contributed by atoms with E-state index in [0.717, 1.165) is 0 Å². The van der Waals surface area contributed by atoms with E-state index in [4.69, 9.17) is 10.5 Å². The number of rotatable bonds is 1. The Morgan fingerprint density at radius 1 is 1.27 bits per heavy atom. The number of methoxy groups -OCH3 is 1. The molecule has 6 nitrogen and oxygen atoms in total. The predicted octanol–water partition coefficient (Wildman–Crippen LogP) is -0.193. The number of aromatic nitrogens is 2. The van der Waals surface area contributed by atoms with Gasteiger partial charge in [0.1, 0.15) is 5.75 Å². The van der Waals surface area contributed by atoms with Crippen molar-refractivity contribution in [1.29, 1.82) is 0 Å². The lowest BCUT2D eigenvalue weighted by molar-refractivity contribution is 0.417. The maximum Gasteiger partial charge on any atom is 0.326 e. The Bertz CT molecular complexity index is 627. The fourth-order valence-corrected chi connectivity index (χ4v) is 1.39. The van der Waals surface area contributed by atoms with E-state index in [0.29, 0.717) is 22.3 Å². The maximum absolute atomic E-state index is 11.4. The van der Waals surface area contributed by atoms with Gasteiger partial charge in [0, 0.05) is 0 Å². The number of ether oxygens (including phenoxy) is 1. The first-order valence-electron chi connectivity index (χ1n) is 4.21. The largest absolute Gasteiger partial charge is 0.495 e. The van der Waals surface area contributed by atoms with Gasteiger partial charge in [0.05, 0.1) is 23.7 Å². The number of aromatic amines is 2. The van der Waals surface area contributed by atoms with E-state index in [9.17, 15) is 9.59 Å². The summed E-state index contributed by atoms with van der Waals surface area (Å²) in [6.07, 6.45) is 0. The molecule has 0 aliphatic carbocycles. The van der Waals surface area contributed by atoms with E-state index >= 15 is 0 Å². The van der Waals surface area contributed by atoms with Gasteiger partial charge in [-0.3, -0.25) is 9.78 Å². The molecule has 1 aromatic heterocycles. The van der Waals surface area contributed by atoms with Crippen LogP contribution in [0.15, 0.2) is 21.7 Å². The van der Waals surface area contributed by atoms with Crippen molar-refractivity contribution in [3.8, 4) is 5.75 Å². The van der Waals surface area contributed by atoms with Crippen molar-refractivity contribution >= 4 is 16.6 Å². The number of hydrogen-bond donors (Lipinski definition) is 3. The number of benzene rings is 1. The SMILES string of the molecule is COc1cc2c(=O)[nH]c(=O)[nH]c2cc1N. The average Bonchev–Trinajstić information content (AvgIpc) is 2.16. The lowest BCUT2D eigenvalue weighted by Gasteiger charge is -2.05. The van der Waals surface area contributed by atoms with Crippen LogP contribution in [0.2, 0.25) is 0 Å². The first kappa shape index (κ1) is 9.32. The second-order valence-electron chi connectivity index (χ2n) is 3.05. The second kappa shape index (κ2) is 3.16. The number of nitrogens with one attached hydrogen (secondary N) is 2. The third-order valence-corrected chi connectivity index (χ3v) is 2.09. The summed E-state index contributed by atoms with van der Waals surface area (Å²) in [6.45, 7) is 0. The Labute approximate surface area is 83.7 Å². The molecule has 6 heteroatoms. The molecule has 15 heavy (non-hydrogen) atoms. The maximum atomic E-state index is 11.4. The van der Waals surface area contributed by atoms with Crippen LogP contribution < -0.4 is 21.7 Å². The summed E-state index contributed by atoms with van der Waals surface area (Å²) in [7, 11) is 1.46. The molecular weight excluding hydrogens is 198 g/mol. The zero-order chi connectivity index (χ0) is 11.0. The Morgan fingerprint density at radius 2 is 2.00 bits per heavy atom. The predicted molar refractivity (Wildman–Crippen MR) is 56.2 cm³/mol. The Morgan fingerprint density at radius 3 is 2.67 bits per heavy atom. The zero-order valence-electron chi connectivity index (χ0n) is 7.96. The van der Waals surface area contributed by atoms with Crippen molar-refractivity contribution in [2.45, 2.75) is 0 Å². The molecule has 0 aliphatic heterocycles. The highest BCUT2D eigenvalue weighted by atomic mass is 16.5. The highest BCUT2D eigenvalue weighted by molar-refractivity contribution is 5.83. The van der Waals surface area contributed by atoms with E-state index in [1.165, 1.54) is 19.2 Å². The number of fused-ring (bicyclic) bond motifs is 1. The molecule has 0 bridgehead atoms. The molecule has 0 spiro atoms. The highest BCUT2D eigenvalue weighted by Crippen LogP contribution is 2.24. The van der Waals surface area contributed by atoms with Crippen LogP contribution in [-0.2, 0) is 0 Å². The molecule has 0 amide bonds. The smallest absolute Gasteiger partial charge is 0.326 e. The molecular formula is C9H9N3O3. The molecule has 0 radical (unpaired) electrons. The van der Waals surface area contributed by atoms with Gasteiger partial charge in [0.2, 0.25) is 0 Å². The summed E-state index contributed by atoms with van der Waals surface area (Å²) in [5, 5.41) is 0.334. The second-order valence-corrected chi connectivity index (χ2v) is 3.05. The third kappa shape index (κ3) is 1.45. The van der Waals surface area contributed by atoms with E-state index in [-0.39, 0.29) is 0 Å². The van der Waals surface area contributed by atoms with Crippen molar-refractivity contribution in [2.75, 3.05) is 12.8 Å². The molecule has 2 rings (SSSR count). The lowest BCUT2D eigenvalue weighted by Crippen LogP contribution is -2.21. The molecule has 0 unspecified atom stereocenters. The Kier molecular flexibility index (Phi) is 1.96. The van der Waals surface area contributed by atoms with Gasteiger partial charge in [-0.25, -0.2) is 4.79 Å². The van der Waals surface area contributed by atoms with Gasteiger partial charge >= 0.3 is 5.69 Å². The monoisotopic (exact) mass is 207 g/mol. The Balaban J connectivity index is 2.94. The molecule has 0 saturated heterocycles. The Hall–Kier alpha value is -2.24. The standard InChI is InChI=1S/C9H9N3O3/c1-15-7-2-4-6(3-5(7)10)11-9(14)12-8(4)13/h2-3H,10H2,1H3,(H2,11,12,13,14). The lowest BCUT2D eigenvalue weighted by atomic mass is 10.2. The minimum absolute atomic E-state index is 0.334. The van der Waals surface area contributed by atoms with Gasteiger partial charge < -0.3 is 15.5 Å². The van der Waals surface area contributed by atoms with Gasteiger partial charge in [0.15, 0.2) is 0 Å². The molecule has 0 atom stereocenters. The average molecular weight is 207 g/mol. The number of nitrogen functional groups attached to an aromatic ring is 1. The van der Waals surface area contributed by atoms with Crippen LogP contribution >= 0.6 is 0 Å². The number of H-pyrrole nitrogens is 2. The number of nitrogens with two attached hydrogens (primary N) is 1. The first-order valence-corrected chi connectivity index (χ1v) is 4.21. The van der Waals surface area contributed by atoms with Crippen LogP contribution in [-0.4, -0.2) is 17.1 Å². The van der Waals surface area contributed by atoms with Crippen LogP contribution in [0.5, 0.6) is 5.75 Å². The summed E-state index contributed by atoms with van der Waals surface area (Å²) in [4.78, 5) is 27.0. The van der Waals surface area contributed by atoms with Crippen LogP contribution in [0, 0.1) is 0 Å². The van der Waals surface area contributed by atoms with Gasteiger partial charge in [-0.1, -0.05) is 0 Å². The van der Waals surface area contributed by atoms with Crippen LogP contribution in [0.25, 0.3) is 10.9 Å². The summed E-state index contributed by atoms with van der Waals surface area (Å²) in [6, 6.07) is 2.98. The van der Waals surface area contributed by atoms with Crippen molar-refractivity contribution < 1.29 is 4.74 Å². The molecule has 0 aliphatic rings. The quantitative estimate of drug-likeness (QED) is 0.564. The third-order valence-electron chi connectivity index (χ3n) is 2.09. The fraction of sp³-hybridized carbons (Fsp3) is 0.111. The normalized spacial score (nSPS) is 10.5. The summed E-state index contributed by atoms with van der Waals surface area (Å²) < 4.78 is 4.97. The molecule has 1 aromatic carbocycles. The topological polar surface area (TPSA) is 101 Å². The minimum Gasteiger partial charge on any atom is -0.495 e. The van der Waals surface area contributed by atoms with Gasteiger partial charge in [-0.2, -0.15) is 0 Å². The first-order chi connectivity index (χ1) is 7.11. The van der Waals surface area contributed by atoms with Crippen LogP contribution in [0.4, 0.5) is 5.69 Å². The molecule has 2 aromatic rings. The summed E-state index contributed by atoms with van der Waals surface area (Å²) in [5.41, 5.74) is 5.37. The van der Waals surface area contributed by atoms with Crippen molar-refractivity contribution in [1.82, 2.24) is 9.97 Å². The molecule has 0 fully saturated rings. The number of anilines is 1. The highest BCUT2D eigenvalue weighted by Gasteiger charge is 2.05. The zero-order valence-corrected chi connectivity index (χ0v) is 7.96.